The number of nitrogens with one attached hydrogen (secondary N) is 10. The number of hydrogen-bond donors (Lipinski definition) is 15. The number of H-pyrrole nitrogens is 1. The van der Waals surface area contributed by atoms with Crippen molar-refractivity contribution in [2.45, 2.75) is 121 Å². The van der Waals surface area contributed by atoms with Crippen molar-refractivity contribution >= 4 is 82.0 Å². The fourth-order valence-corrected chi connectivity index (χ4v) is 7.74. The summed E-state index contributed by atoms with van der Waals surface area (Å²) in [5, 5.41) is 34.0. The van der Waals surface area contributed by atoms with E-state index in [1.165, 1.54) is 6.92 Å². The number of nitrogens with two attached hydrogens (primary N) is 4. The standard InChI is InChI=1S/C45H61N13O11.C5H13N3/c1-25(59)53-30(13-7-20-50-45(47)48)40(64)56-32-16-18-37(61)49-19-8-14-33(44(68)69)57-43(67)35(22-27-23-51-29-12-6-5-11-28(27)29)54-38(62)24-52-39(63)34(21-26-9-3-2-4-10-26)58-42(66)31(55-41(32)65)15-17-36(46)60;1-3-4-8-5(6)7-2/h2-6,9-12,23,30-35,51H,7-8,13-22,24H2,1H3,(H2,46,60)(H,49,61)(H,52,63)(H,53,59)(H,54,62)(H,55,65)(H,56,64)(H,57,67)(H,58,66)(H,68,69)(H4,47,48,50);3-4H2,1-2H3,(H3,6,7,8)/t30?,31-,32?,33?,34?,35-;/m0./s1. The highest BCUT2D eigenvalue weighted by Gasteiger charge is 2.33. The van der Waals surface area contributed by atoms with Crippen LogP contribution in [0.1, 0.15) is 82.8 Å². The van der Waals surface area contributed by atoms with Gasteiger partial charge in [0.15, 0.2) is 11.9 Å². The van der Waals surface area contributed by atoms with Crippen molar-refractivity contribution in [3.05, 3.63) is 71.9 Å². The molecule has 19 N–H and O–H groups in total. The lowest BCUT2D eigenvalue weighted by Gasteiger charge is -2.26. The molecule has 0 saturated carbocycles. The highest BCUT2D eigenvalue weighted by Crippen LogP contribution is 2.19. The number of fused-ring (bicyclic) bond motifs is 1. The number of para-hydroxylation sites is 1. The van der Waals surface area contributed by atoms with Gasteiger partial charge in [0, 0.05) is 76.4 Å². The molecule has 77 heavy (non-hydrogen) atoms. The second-order valence-corrected chi connectivity index (χ2v) is 17.9. The van der Waals surface area contributed by atoms with E-state index in [2.05, 4.69) is 69.7 Å². The predicted molar refractivity (Wildman–Crippen MR) is 286 cm³/mol. The minimum Gasteiger partial charge on any atom is -0.480 e. The summed E-state index contributed by atoms with van der Waals surface area (Å²) >= 11 is 0. The maximum Gasteiger partial charge on any atom is 0.326 e. The molecule has 1 aromatic heterocycles. The summed E-state index contributed by atoms with van der Waals surface area (Å²) < 4.78 is 0. The van der Waals surface area contributed by atoms with E-state index in [0.717, 1.165) is 23.9 Å². The number of carbonyl (C=O) groups excluding carboxylic acids is 9. The molecule has 1 saturated heterocycles. The molecule has 3 aromatic rings. The van der Waals surface area contributed by atoms with Gasteiger partial charge in [-0.3, -0.25) is 53.1 Å². The van der Waals surface area contributed by atoms with Crippen LogP contribution < -0.4 is 70.8 Å². The van der Waals surface area contributed by atoms with Gasteiger partial charge in [-0.05, 0) is 62.1 Å². The first-order chi connectivity index (χ1) is 36.7. The first kappa shape index (κ1) is 62.5. The summed E-state index contributed by atoms with van der Waals surface area (Å²) in [7, 11) is 1.66. The van der Waals surface area contributed by atoms with E-state index in [-0.39, 0.29) is 76.8 Å². The summed E-state index contributed by atoms with van der Waals surface area (Å²) in [6, 6.07) is 7.21. The Morgan fingerprint density at radius 1 is 0.792 bits per heavy atom. The number of nitrogens with zero attached hydrogens (tertiary/aromatic N) is 2. The number of carboxylic acid groups (broad SMARTS) is 1. The molecule has 0 spiro atoms. The molecule has 2 heterocycles. The molecule has 1 fully saturated rings. The van der Waals surface area contributed by atoms with Gasteiger partial charge in [-0.1, -0.05) is 55.5 Å². The predicted octanol–water partition coefficient (Wildman–Crippen LogP) is -2.98. The number of hydrogen-bond acceptors (Lipinski definition) is 12. The summed E-state index contributed by atoms with van der Waals surface area (Å²) in [6.07, 6.45) is 1.14. The van der Waals surface area contributed by atoms with Gasteiger partial charge in [-0.25, -0.2) is 4.79 Å². The van der Waals surface area contributed by atoms with E-state index < -0.39 is 108 Å². The van der Waals surface area contributed by atoms with Gasteiger partial charge in [-0.2, -0.15) is 0 Å². The molecule has 9 amide bonds. The van der Waals surface area contributed by atoms with Gasteiger partial charge in [0.05, 0.1) is 6.54 Å². The van der Waals surface area contributed by atoms with Gasteiger partial charge < -0.3 is 80.9 Å². The minimum atomic E-state index is -1.55. The smallest absolute Gasteiger partial charge is 0.326 e. The van der Waals surface area contributed by atoms with Crippen LogP contribution in [0.3, 0.4) is 0 Å². The fourth-order valence-electron chi connectivity index (χ4n) is 7.74. The van der Waals surface area contributed by atoms with Crippen LogP contribution in [0.15, 0.2) is 70.8 Å². The van der Waals surface area contributed by atoms with Gasteiger partial charge in [0.25, 0.3) is 0 Å². The van der Waals surface area contributed by atoms with Crippen molar-refractivity contribution in [2.24, 2.45) is 32.9 Å². The molecule has 1 aliphatic heterocycles. The van der Waals surface area contributed by atoms with Crippen LogP contribution in [0.5, 0.6) is 0 Å². The molecular weight excluding hydrogens is 1000 g/mol. The van der Waals surface area contributed by atoms with E-state index >= 15 is 0 Å². The fraction of sp³-hybridized carbons (Fsp3) is 0.480. The molecule has 0 bridgehead atoms. The van der Waals surface area contributed by atoms with E-state index in [9.17, 15) is 53.1 Å². The Kier molecular flexibility index (Phi) is 27.0. The van der Waals surface area contributed by atoms with Crippen LogP contribution >= 0.6 is 0 Å². The number of aromatic nitrogens is 1. The summed E-state index contributed by atoms with van der Waals surface area (Å²) in [5.74, 6) is -8.39. The molecule has 0 radical (unpaired) electrons. The Bertz CT molecular complexity index is 2550. The van der Waals surface area contributed by atoms with Crippen molar-refractivity contribution in [2.75, 3.05) is 33.2 Å². The Balaban J connectivity index is 0.00000180. The quantitative estimate of drug-likeness (QED) is 0.0365. The highest BCUT2D eigenvalue weighted by atomic mass is 16.4. The number of carbonyl (C=O) groups is 10. The van der Waals surface area contributed by atoms with Crippen LogP contribution in [-0.2, 0) is 60.8 Å². The number of guanidine groups is 2. The van der Waals surface area contributed by atoms with E-state index in [1.54, 1.807) is 61.8 Å². The van der Waals surface area contributed by atoms with Crippen LogP contribution in [0.25, 0.3) is 10.9 Å². The zero-order valence-corrected chi connectivity index (χ0v) is 43.6. The molecule has 27 heteroatoms. The molecule has 420 valence electrons. The molecule has 6 atom stereocenters. The molecule has 1 aliphatic rings. The zero-order chi connectivity index (χ0) is 56.9. The van der Waals surface area contributed by atoms with Crippen molar-refractivity contribution in [1.29, 1.82) is 0 Å². The van der Waals surface area contributed by atoms with E-state index in [1.807, 2.05) is 6.07 Å². The van der Waals surface area contributed by atoms with Crippen molar-refractivity contribution in [1.82, 2.24) is 52.8 Å². The topological polar surface area (TPSA) is 444 Å². The van der Waals surface area contributed by atoms with Crippen LogP contribution in [0, 0.1) is 0 Å². The van der Waals surface area contributed by atoms with E-state index in [0.29, 0.717) is 17.1 Å². The largest absolute Gasteiger partial charge is 0.480 e. The van der Waals surface area contributed by atoms with Gasteiger partial charge >= 0.3 is 5.97 Å². The summed E-state index contributed by atoms with van der Waals surface area (Å²) in [4.78, 5) is 144. The molecular formula is C50H74N16O11. The second kappa shape index (κ2) is 33.2. The average Bonchev–Trinajstić information content (AvgIpc) is 3.80. The van der Waals surface area contributed by atoms with Crippen LogP contribution in [0.4, 0.5) is 0 Å². The Labute approximate surface area is 445 Å². The number of rotatable bonds is 17. The monoisotopic (exact) mass is 1070 g/mol. The first-order valence-corrected chi connectivity index (χ1v) is 25.1. The maximum atomic E-state index is 14.1. The zero-order valence-electron chi connectivity index (χ0n) is 43.6. The molecule has 2 aromatic carbocycles. The molecule has 4 rings (SSSR count). The van der Waals surface area contributed by atoms with Gasteiger partial charge in [0.2, 0.25) is 53.2 Å². The lowest BCUT2D eigenvalue weighted by molar-refractivity contribution is -0.142. The van der Waals surface area contributed by atoms with Crippen LogP contribution in [-0.4, -0.2) is 151 Å². The normalized spacial score (nSPS) is 19.9. The number of aliphatic imine (C=N–C) groups is 2. The molecule has 4 unspecified atom stereocenters. The third-order valence-electron chi connectivity index (χ3n) is 11.7. The lowest BCUT2D eigenvalue weighted by atomic mass is 10.0. The van der Waals surface area contributed by atoms with Crippen molar-refractivity contribution in [3.8, 4) is 0 Å². The van der Waals surface area contributed by atoms with E-state index in [4.69, 9.17) is 22.9 Å². The van der Waals surface area contributed by atoms with Crippen molar-refractivity contribution < 1.29 is 53.1 Å². The summed E-state index contributed by atoms with van der Waals surface area (Å²) in [6.45, 7) is 3.50. The third-order valence-corrected chi connectivity index (χ3v) is 11.7. The van der Waals surface area contributed by atoms with Crippen molar-refractivity contribution in [3.63, 3.8) is 0 Å². The number of benzene rings is 2. The second-order valence-electron chi connectivity index (χ2n) is 17.9. The van der Waals surface area contributed by atoms with Crippen LogP contribution in [0.2, 0.25) is 0 Å². The highest BCUT2D eigenvalue weighted by molar-refractivity contribution is 5.97. The van der Waals surface area contributed by atoms with Gasteiger partial charge in [-0.15, -0.1) is 0 Å². The number of aliphatic carboxylic acids is 1. The SMILES string of the molecule is CC(=O)NC(CCCN=C(N)N)C(=O)NC1CCC(=O)NCCCC(C(=O)O)NC(=O)[C@H](Cc2c[nH]c3ccccc23)NC(=O)CNC(=O)C(Cc2ccccc2)NC(=O)[C@H](CCC(N)=O)NC1=O.CCCNC(N)=NC. The molecule has 0 aliphatic carbocycles. The third kappa shape index (κ3) is 23.5. The Morgan fingerprint density at radius 2 is 1.47 bits per heavy atom. The Morgan fingerprint density at radius 3 is 2.13 bits per heavy atom. The minimum absolute atomic E-state index is 0.0235. The number of amides is 9. The lowest BCUT2D eigenvalue weighted by Crippen LogP contribution is -2.59. The number of carboxylic acids is 1. The first-order valence-electron chi connectivity index (χ1n) is 25.1. The number of primary amides is 1. The summed E-state index contributed by atoms with van der Waals surface area (Å²) in [5.41, 5.74) is 23.5. The maximum absolute atomic E-state index is 14.1. The van der Waals surface area contributed by atoms with Gasteiger partial charge in [0.1, 0.15) is 36.3 Å². The molecule has 27 nitrogen and oxygen atoms in total. The average molecular weight is 1080 g/mol. The Hall–Kier alpha value is -8.78. The number of aromatic amines is 1.